The molecule has 0 aliphatic carbocycles. The second-order valence-electron chi connectivity index (χ2n) is 4.32. The molecule has 1 aromatic rings. The third kappa shape index (κ3) is 4.89. The van der Waals surface area contributed by atoms with Gasteiger partial charge in [0.1, 0.15) is 5.82 Å². The molecule has 6 heteroatoms. The Labute approximate surface area is 113 Å². The number of unbranched alkanes of at least 4 members (excludes halogenated alkanes) is 1. The van der Waals surface area contributed by atoms with Crippen LogP contribution in [0.15, 0.2) is 24.3 Å². The molecule has 4 nitrogen and oxygen atoms in total. The van der Waals surface area contributed by atoms with Crippen LogP contribution in [0.2, 0.25) is 0 Å². The lowest BCUT2D eigenvalue weighted by Crippen LogP contribution is -2.35. The van der Waals surface area contributed by atoms with Gasteiger partial charge in [0.25, 0.3) is 0 Å². The molecule has 0 atom stereocenters. The third-order valence-corrected chi connectivity index (χ3v) is 4.63. The van der Waals surface area contributed by atoms with E-state index >= 15 is 0 Å². The van der Waals surface area contributed by atoms with Crippen LogP contribution in [0.25, 0.3) is 0 Å². The number of hydrogen-bond acceptors (Lipinski definition) is 3. The zero-order chi connectivity index (χ0) is 14.3. The Bertz CT molecular complexity index is 490. The zero-order valence-electron chi connectivity index (χ0n) is 11.0. The minimum absolute atomic E-state index is 0.0524. The van der Waals surface area contributed by atoms with Crippen LogP contribution in [-0.2, 0) is 15.8 Å². The molecule has 1 rings (SSSR count). The van der Waals surface area contributed by atoms with Crippen molar-refractivity contribution in [2.45, 2.75) is 25.5 Å². The van der Waals surface area contributed by atoms with Crippen molar-refractivity contribution in [2.24, 2.45) is 0 Å². The van der Waals surface area contributed by atoms with Crippen molar-refractivity contribution in [3.63, 3.8) is 0 Å². The van der Waals surface area contributed by atoms with Gasteiger partial charge in [-0.2, -0.15) is 4.31 Å². The molecule has 0 aliphatic heterocycles. The largest absolute Gasteiger partial charge is 0.395 e. The average molecular weight is 289 g/mol. The van der Waals surface area contributed by atoms with E-state index in [0.717, 1.165) is 12.8 Å². The van der Waals surface area contributed by atoms with Gasteiger partial charge in [0.2, 0.25) is 10.0 Å². The van der Waals surface area contributed by atoms with Crippen LogP contribution in [0.5, 0.6) is 0 Å². The Morgan fingerprint density at radius 3 is 2.53 bits per heavy atom. The van der Waals surface area contributed by atoms with E-state index in [1.165, 1.54) is 22.5 Å². The van der Waals surface area contributed by atoms with E-state index in [1.807, 2.05) is 6.92 Å². The van der Waals surface area contributed by atoms with Crippen molar-refractivity contribution in [2.75, 3.05) is 19.7 Å². The lowest BCUT2D eigenvalue weighted by molar-refractivity contribution is 0.252. The molecule has 0 saturated heterocycles. The first-order valence-electron chi connectivity index (χ1n) is 6.33. The lowest BCUT2D eigenvalue weighted by Gasteiger charge is -2.21. The highest BCUT2D eigenvalue weighted by Crippen LogP contribution is 2.14. The van der Waals surface area contributed by atoms with Crippen LogP contribution < -0.4 is 0 Å². The number of aliphatic hydroxyl groups excluding tert-OH is 1. The minimum atomic E-state index is -3.60. The predicted molar refractivity (Wildman–Crippen MR) is 72.6 cm³/mol. The van der Waals surface area contributed by atoms with E-state index in [0.29, 0.717) is 6.54 Å². The fourth-order valence-corrected chi connectivity index (χ4v) is 3.32. The molecule has 108 valence electrons. The van der Waals surface area contributed by atoms with Crippen molar-refractivity contribution in [3.05, 3.63) is 35.6 Å². The minimum Gasteiger partial charge on any atom is -0.395 e. The Morgan fingerprint density at radius 2 is 1.95 bits per heavy atom. The summed E-state index contributed by atoms with van der Waals surface area (Å²) >= 11 is 0. The summed E-state index contributed by atoms with van der Waals surface area (Å²) in [5.41, 5.74) is 0.155. The highest BCUT2D eigenvalue weighted by Gasteiger charge is 2.22. The van der Waals surface area contributed by atoms with Gasteiger partial charge < -0.3 is 5.11 Å². The molecule has 19 heavy (non-hydrogen) atoms. The maximum absolute atomic E-state index is 13.5. The van der Waals surface area contributed by atoms with Crippen LogP contribution >= 0.6 is 0 Å². The van der Waals surface area contributed by atoms with E-state index in [2.05, 4.69) is 0 Å². The van der Waals surface area contributed by atoms with Crippen LogP contribution in [0, 0.1) is 5.82 Å². The standard InChI is InChI=1S/C13H20FNO3S/c1-2-3-8-15(9-10-16)19(17,18)11-12-6-4-5-7-13(12)14/h4-7,16H,2-3,8-11H2,1H3. The van der Waals surface area contributed by atoms with Crippen molar-refractivity contribution < 1.29 is 17.9 Å². The van der Waals surface area contributed by atoms with Crippen LogP contribution in [0.3, 0.4) is 0 Å². The molecule has 1 aromatic carbocycles. The highest BCUT2D eigenvalue weighted by molar-refractivity contribution is 7.88. The molecule has 0 unspecified atom stereocenters. The summed E-state index contributed by atoms with van der Waals surface area (Å²) in [6.07, 6.45) is 1.58. The van der Waals surface area contributed by atoms with Crippen molar-refractivity contribution >= 4 is 10.0 Å². The molecule has 0 saturated carbocycles. The SMILES string of the molecule is CCCCN(CCO)S(=O)(=O)Cc1ccccc1F. The maximum Gasteiger partial charge on any atom is 0.218 e. The maximum atomic E-state index is 13.5. The van der Waals surface area contributed by atoms with Gasteiger partial charge in [-0.1, -0.05) is 31.5 Å². The van der Waals surface area contributed by atoms with Crippen LogP contribution in [0.1, 0.15) is 25.3 Å². The molecular weight excluding hydrogens is 269 g/mol. The van der Waals surface area contributed by atoms with Crippen LogP contribution in [0.4, 0.5) is 4.39 Å². The van der Waals surface area contributed by atoms with Gasteiger partial charge in [0.15, 0.2) is 0 Å². The second-order valence-corrected chi connectivity index (χ2v) is 6.29. The smallest absolute Gasteiger partial charge is 0.218 e. The lowest BCUT2D eigenvalue weighted by atomic mass is 10.2. The third-order valence-electron chi connectivity index (χ3n) is 2.80. The fourth-order valence-electron chi connectivity index (χ4n) is 1.74. The number of halogens is 1. The van der Waals surface area contributed by atoms with Gasteiger partial charge in [-0.15, -0.1) is 0 Å². The van der Waals surface area contributed by atoms with Gasteiger partial charge in [-0.05, 0) is 12.5 Å². The first-order chi connectivity index (χ1) is 9.01. The average Bonchev–Trinajstić information content (AvgIpc) is 2.37. The van der Waals surface area contributed by atoms with Crippen LogP contribution in [-0.4, -0.2) is 37.5 Å². The molecule has 1 N–H and O–H groups in total. The summed E-state index contributed by atoms with van der Waals surface area (Å²) in [4.78, 5) is 0. The Kier molecular flexibility index (Phi) is 6.41. The molecule has 0 aliphatic rings. The summed E-state index contributed by atoms with van der Waals surface area (Å²) < 4.78 is 39.1. The molecule has 0 aromatic heterocycles. The Hall–Kier alpha value is -0.980. The molecule has 0 radical (unpaired) electrons. The van der Waals surface area contributed by atoms with Crippen molar-refractivity contribution in [1.82, 2.24) is 4.31 Å². The molecule has 0 bridgehead atoms. The van der Waals surface area contributed by atoms with Gasteiger partial charge in [-0.3, -0.25) is 0 Å². The molecule has 0 heterocycles. The summed E-state index contributed by atoms with van der Waals surface area (Å²) in [6.45, 7) is 2.13. The normalized spacial score (nSPS) is 12.0. The van der Waals surface area contributed by atoms with E-state index < -0.39 is 15.8 Å². The second kappa shape index (κ2) is 7.57. The summed E-state index contributed by atoms with van der Waals surface area (Å²) in [5.74, 6) is -0.894. The molecule has 0 fully saturated rings. The summed E-state index contributed by atoms with van der Waals surface area (Å²) in [6, 6.07) is 5.83. The van der Waals surface area contributed by atoms with Crippen molar-refractivity contribution in [3.8, 4) is 0 Å². The quantitative estimate of drug-likeness (QED) is 0.793. The monoisotopic (exact) mass is 289 g/mol. The highest BCUT2D eigenvalue weighted by atomic mass is 32.2. The number of hydrogen-bond donors (Lipinski definition) is 1. The topological polar surface area (TPSA) is 57.6 Å². The number of rotatable bonds is 8. The predicted octanol–water partition coefficient (Wildman–Crippen LogP) is 1.75. The molecular formula is C13H20FNO3S. The van der Waals surface area contributed by atoms with E-state index in [-0.39, 0.29) is 24.5 Å². The first kappa shape index (κ1) is 16.1. The van der Waals surface area contributed by atoms with Gasteiger partial charge in [0.05, 0.1) is 12.4 Å². The van der Waals surface area contributed by atoms with Gasteiger partial charge in [-0.25, -0.2) is 12.8 Å². The zero-order valence-corrected chi connectivity index (χ0v) is 11.9. The molecule has 0 spiro atoms. The molecule has 0 amide bonds. The number of nitrogens with zero attached hydrogens (tertiary/aromatic N) is 1. The van der Waals surface area contributed by atoms with Gasteiger partial charge in [0, 0.05) is 18.7 Å². The fraction of sp³-hybridized carbons (Fsp3) is 0.538. The summed E-state index contributed by atoms with van der Waals surface area (Å²) in [5, 5.41) is 8.94. The first-order valence-corrected chi connectivity index (χ1v) is 7.94. The van der Waals surface area contributed by atoms with E-state index in [9.17, 15) is 12.8 Å². The van der Waals surface area contributed by atoms with Crippen molar-refractivity contribution in [1.29, 1.82) is 0 Å². The number of sulfonamides is 1. The summed E-state index contributed by atoms with van der Waals surface area (Å²) in [7, 11) is -3.60. The van der Waals surface area contributed by atoms with E-state index in [1.54, 1.807) is 6.07 Å². The number of benzene rings is 1. The number of aliphatic hydroxyl groups is 1. The van der Waals surface area contributed by atoms with Gasteiger partial charge >= 0.3 is 0 Å². The Balaban J connectivity index is 2.85. The Morgan fingerprint density at radius 1 is 1.26 bits per heavy atom. The van der Waals surface area contributed by atoms with E-state index in [4.69, 9.17) is 5.11 Å².